The van der Waals surface area contributed by atoms with Crippen LogP contribution in [0.5, 0.6) is 0 Å². The number of amides is 1. The van der Waals surface area contributed by atoms with Crippen molar-refractivity contribution in [3.8, 4) is 0 Å². The van der Waals surface area contributed by atoms with Crippen molar-refractivity contribution in [3.05, 3.63) is 0 Å². The molecule has 1 aliphatic rings. The SMILES string of the molecule is CC(=O)O[C@H]1C(=O)N[C@H]1C(F)(F)F. The summed E-state index contributed by atoms with van der Waals surface area (Å²) in [5, 5.41) is 1.60. The van der Waals surface area contributed by atoms with Crippen molar-refractivity contribution >= 4 is 11.9 Å². The fourth-order valence-corrected chi connectivity index (χ4v) is 0.920. The maximum atomic E-state index is 12.0. The van der Waals surface area contributed by atoms with Gasteiger partial charge in [-0.3, -0.25) is 9.59 Å². The number of esters is 1. The summed E-state index contributed by atoms with van der Waals surface area (Å²) in [5.74, 6) is -1.83. The topological polar surface area (TPSA) is 55.4 Å². The lowest BCUT2D eigenvalue weighted by Gasteiger charge is -2.36. The van der Waals surface area contributed by atoms with Crippen molar-refractivity contribution < 1.29 is 27.5 Å². The highest BCUT2D eigenvalue weighted by Gasteiger charge is 2.57. The first-order chi connectivity index (χ1) is 5.82. The number of carbonyl (C=O) groups is 2. The highest BCUT2D eigenvalue weighted by Crippen LogP contribution is 2.29. The lowest BCUT2D eigenvalue weighted by Crippen LogP contribution is -2.69. The predicted molar refractivity (Wildman–Crippen MR) is 33.5 cm³/mol. The summed E-state index contributed by atoms with van der Waals surface area (Å²) in [6, 6.07) is -2.07. The molecule has 0 radical (unpaired) electrons. The van der Waals surface area contributed by atoms with E-state index in [9.17, 15) is 22.8 Å². The fraction of sp³-hybridized carbons (Fsp3) is 0.667. The van der Waals surface area contributed by atoms with Gasteiger partial charge in [-0.15, -0.1) is 0 Å². The molecule has 1 aliphatic heterocycles. The van der Waals surface area contributed by atoms with Crippen LogP contribution in [-0.2, 0) is 14.3 Å². The van der Waals surface area contributed by atoms with Crippen LogP contribution in [-0.4, -0.2) is 30.2 Å². The molecule has 1 amide bonds. The number of carbonyl (C=O) groups excluding carboxylic acids is 2. The molecule has 0 aromatic carbocycles. The first-order valence-electron chi connectivity index (χ1n) is 3.36. The molecule has 4 nitrogen and oxygen atoms in total. The largest absolute Gasteiger partial charge is 0.450 e. The number of halogens is 3. The van der Waals surface area contributed by atoms with E-state index in [1.54, 1.807) is 5.32 Å². The molecule has 0 unspecified atom stereocenters. The van der Waals surface area contributed by atoms with Gasteiger partial charge in [0.15, 0.2) is 6.04 Å². The van der Waals surface area contributed by atoms with Gasteiger partial charge < -0.3 is 10.1 Å². The minimum absolute atomic E-state index is 0.908. The van der Waals surface area contributed by atoms with E-state index in [2.05, 4.69) is 4.74 Å². The molecular weight excluding hydrogens is 191 g/mol. The Morgan fingerprint density at radius 3 is 2.38 bits per heavy atom. The number of nitrogens with one attached hydrogen (secondary N) is 1. The second-order valence-corrected chi connectivity index (χ2v) is 2.56. The Bertz CT molecular complexity index is 250. The van der Waals surface area contributed by atoms with Crippen LogP contribution in [0, 0.1) is 0 Å². The van der Waals surface area contributed by atoms with Gasteiger partial charge in [-0.1, -0.05) is 0 Å². The van der Waals surface area contributed by atoms with Gasteiger partial charge >= 0.3 is 12.1 Å². The zero-order valence-electron chi connectivity index (χ0n) is 6.51. The van der Waals surface area contributed by atoms with Crippen LogP contribution >= 0.6 is 0 Å². The third-order valence-electron chi connectivity index (χ3n) is 1.50. The number of hydrogen-bond acceptors (Lipinski definition) is 3. The fourth-order valence-electron chi connectivity index (χ4n) is 0.920. The molecule has 1 N–H and O–H groups in total. The number of β-lactam (4-membered cyclic amide) rings is 1. The van der Waals surface area contributed by atoms with Crippen LogP contribution in [0.25, 0.3) is 0 Å². The summed E-state index contributed by atoms with van der Waals surface area (Å²) < 4.78 is 40.1. The summed E-state index contributed by atoms with van der Waals surface area (Å²) >= 11 is 0. The normalized spacial score (nSPS) is 27.5. The lowest BCUT2D eigenvalue weighted by atomic mass is 10.0. The molecule has 7 heteroatoms. The van der Waals surface area contributed by atoms with Gasteiger partial charge in [-0.05, 0) is 0 Å². The first kappa shape index (κ1) is 9.82. The van der Waals surface area contributed by atoms with Gasteiger partial charge in [0, 0.05) is 6.92 Å². The van der Waals surface area contributed by atoms with Crippen LogP contribution in [0.4, 0.5) is 13.2 Å². The summed E-state index contributed by atoms with van der Waals surface area (Å²) in [5.41, 5.74) is 0. The zero-order valence-corrected chi connectivity index (χ0v) is 6.51. The molecule has 74 valence electrons. The van der Waals surface area contributed by atoms with Gasteiger partial charge in [-0.25, -0.2) is 0 Å². The molecule has 13 heavy (non-hydrogen) atoms. The van der Waals surface area contributed by atoms with Crippen molar-refractivity contribution in [2.75, 3.05) is 0 Å². The Morgan fingerprint density at radius 2 is 2.08 bits per heavy atom. The molecule has 0 aliphatic carbocycles. The molecule has 0 aromatic rings. The molecule has 1 heterocycles. The molecular formula is C6H6F3NO3. The van der Waals surface area contributed by atoms with Crippen molar-refractivity contribution in [1.29, 1.82) is 0 Å². The monoisotopic (exact) mass is 197 g/mol. The maximum Gasteiger partial charge on any atom is 0.412 e. The maximum absolute atomic E-state index is 12.0. The number of ether oxygens (including phenoxy) is 1. The zero-order chi connectivity index (χ0) is 10.2. The molecule has 0 spiro atoms. The summed E-state index contributed by atoms with van der Waals surface area (Å²) in [7, 11) is 0. The van der Waals surface area contributed by atoms with Gasteiger partial charge in [-0.2, -0.15) is 13.2 Å². The van der Waals surface area contributed by atoms with E-state index in [0.29, 0.717) is 0 Å². The Hall–Kier alpha value is -1.27. The van der Waals surface area contributed by atoms with Crippen molar-refractivity contribution in [1.82, 2.24) is 5.32 Å². The minimum atomic E-state index is -4.58. The Labute approximate surface area is 71.0 Å². The molecule has 1 fully saturated rings. The average Bonchev–Trinajstić information content (AvgIpc) is 1.93. The second kappa shape index (κ2) is 2.90. The van der Waals surface area contributed by atoms with Gasteiger partial charge in [0.25, 0.3) is 5.91 Å². The Balaban J connectivity index is 2.61. The van der Waals surface area contributed by atoms with E-state index >= 15 is 0 Å². The molecule has 2 atom stereocenters. The molecule has 1 rings (SSSR count). The predicted octanol–water partition coefficient (Wildman–Crippen LogP) is -0.0212. The van der Waals surface area contributed by atoms with Crippen LogP contribution in [0.1, 0.15) is 6.92 Å². The van der Waals surface area contributed by atoms with Gasteiger partial charge in [0.1, 0.15) is 0 Å². The number of hydrogen-bond donors (Lipinski definition) is 1. The van der Waals surface area contributed by atoms with Crippen molar-refractivity contribution in [3.63, 3.8) is 0 Å². The van der Waals surface area contributed by atoms with Crippen LogP contribution in [0.3, 0.4) is 0 Å². The van der Waals surface area contributed by atoms with E-state index in [1.165, 1.54) is 0 Å². The van der Waals surface area contributed by atoms with Crippen LogP contribution < -0.4 is 5.32 Å². The van der Waals surface area contributed by atoms with E-state index in [4.69, 9.17) is 0 Å². The quantitative estimate of drug-likeness (QED) is 0.474. The van der Waals surface area contributed by atoms with Gasteiger partial charge in [0.2, 0.25) is 6.10 Å². The van der Waals surface area contributed by atoms with E-state index < -0.39 is 30.2 Å². The number of rotatable bonds is 1. The van der Waals surface area contributed by atoms with E-state index in [1.807, 2.05) is 0 Å². The highest BCUT2D eigenvalue weighted by molar-refractivity contribution is 5.90. The third kappa shape index (κ3) is 1.90. The standard InChI is InChI=1S/C6H6F3NO3/c1-2(11)13-3-4(6(7,8)9)10-5(3)12/h3-4H,1H3,(H,10,12)/t3-,4-/m1/s1. The smallest absolute Gasteiger partial charge is 0.412 e. The molecule has 0 saturated carbocycles. The summed E-state index contributed by atoms with van der Waals surface area (Å²) in [6.45, 7) is 0.943. The highest BCUT2D eigenvalue weighted by atomic mass is 19.4. The van der Waals surface area contributed by atoms with E-state index in [0.717, 1.165) is 6.92 Å². The summed E-state index contributed by atoms with van der Waals surface area (Å²) in [4.78, 5) is 20.8. The molecule has 0 bridgehead atoms. The number of alkyl halides is 3. The summed E-state index contributed by atoms with van der Waals surface area (Å²) in [6.07, 6.45) is -6.30. The van der Waals surface area contributed by atoms with Crippen molar-refractivity contribution in [2.24, 2.45) is 0 Å². The lowest BCUT2D eigenvalue weighted by molar-refractivity contribution is -0.212. The van der Waals surface area contributed by atoms with Crippen molar-refractivity contribution in [2.45, 2.75) is 25.2 Å². The van der Waals surface area contributed by atoms with Crippen LogP contribution in [0.15, 0.2) is 0 Å². The van der Waals surface area contributed by atoms with Crippen LogP contribution in [0.2, 0.25) is 0 Å². The van der Waals surface area contributed by atoms with E-state index in [-0.39, 0.29) is 0 Å². The molecule has 1 saturated heterocycles. The third-order valence-corrected chi connectivity index (χ3v) is 1.50. The minimum Gasteiger partial charge on any atom is -0.450 e. The first-order valence-corrected chi connectivity index (χ1v) is 3.36. The second-order valence-electron chi connectivity index (χ2n) is 2.56. The molecule has 0 aromatic heterocycles. The Kier molecular flexibility index (Phi) is 2.19. The Morgan fingerprint density at radius 1 is 1.54 bits per heavy atom. The average molecular weight is 197 g/mol. The van der Waals surface area contributed by atoms with Gasteiger partial charge in [0.05, 0.1) is 0 Å².